The molecule has 0 radical (unpaired) electrons. The van der Waals surface area contributed by atoms with Crippen molar-refractivity contribution in [3.63, 3.8) is 0 Å². The van der Waals surface area contributed by atoms with Crippen LogP contribution < -0.4 is 4.90 Å². The van der Waals surface area contributed by atoms with E-state index in [2.05, 4.69) is 25.2 Å². The molecular weight excluding hydrogens is 354 g/mol. The smallest absolute Gasteiger partial charge is 0.255 e. The van der Waals surface area contributed by atoms with Crippen molar-refractivity contribution in [3.8, 4) is 5.82 Å². The predicted molar refractivity (Wildman–Crippen MR) is 96.5 cm³/mol. The maximum Gasteiger partial charge on any atom is 0.255 e. The van der Waals surface area contributed by atoms with Crippen molar-refractivity contribution in [2.24, 2.45) is 0 Å². The van der Waals surface area contributed by atoms with Gasteiger partial charge in [0.1, 0.15) is 12.7 Å². The summed E-state index contributed by atoms with van der Waals surface area (Å²) in [6.07, 6.45) is 3.02. The summed E-state index contributed by atoms with van der Waals surface area (Å²) in [5.41, 5.74) is 0.541. The first kappa shape index (κ1) is 16.5. The fourth-order valence-corrected chi connectivity index (χ4v) is 3.10. The van der Waals surface area contributed by atoms with E-state index in [4.69, 9.17) is 11.6 Å². The van der Waals surface area contributed by atoms with E-state index in [1.54, 1.807) is 23.1 Å². The molecule has 26 heavy (non-hydrogen) atoms. The van der Waals surface area contributed by atoms with Gasteiger partial charge in [0.2, 0.25) is 0 Å². The van der Waals surface area contributed by atoms with Gasteiger partial charge >= 0.3 is 0 Å². The second-order valence-electron chi connectivity index (χ2n) is 5.85. The van der Waals surface area contributed by atoms with Gasteiger partial charge < -0.3 is 9.80 Å². The van der Waals surface area contributed by atoms with Gasteiger partial charge in [0.15, 0.2) is 11.6 Å². The minimum atomic E-state index is -0.0390. The summed E-state index contributed by atoms with van der Waals surface area (Å²) in [6.45, 7) is 2.59. The first-order valence-corrected chi connectivity index (χ1v) is 8.57. The van der Waals surface area contributed by atoms with E-state index in [1.165, 1.54) is 6.33 Å². The van der Waals surface area contributed by atoms with E-state index in [1.807, 2.05) is 29.2 Å². The molecule has 3 aromatic rings. The quantitative estimate of drug-likeness (QED) is 0.698. The number of rotatable bonds is 3. The molecule has 0 spiro atoms. The molecule has 0 bridgehead atoms. The number of piperazine rings is 1. The molecule has 1 fully saturated rings. The van der Waals surface area contributed by atoms with Gasteiger partial charge in [-0.1, -0.05) is 23.7 Å². The van der Waals surface area contributed by atoms with Gasteiger partial charge in [-0.05, 0) is 24.3 Å². The molecule has 0 unspecified atom stereocenters. The first-order chi connectivity index (χ1) is 12.7. The third kappa shape index (κ3) is 3.23. The summed E-state index contributed by atoms with van der Waals surface area (Å²) in [5, 5.41) is 13.0. The number of carbonyl (C=O) groups is 1. The standard InChI is InChI=1S/C17H16ClN7O/c18-14-4-2-1-3-13(14)17(26)24-9-7-23(8-10-24)15-5-6-16(22-21-15)25-12-19-11-20-25/h1-6,11-12H,7-10H2. The molecule has 132 valence electrons. The van der Waals surface area contributed by atoms with Crippen molar-refractivity contribution >= 4 is 23.3 Å². The topological polar surface area (TPSA) is 80.0 Å². The van der Waals surface area contributed by atoms with E-state index >= 15 is 0 Å². The van der Waals surface area contributed by atoms with Gasteiger partial charge in [-0.2, -0.15) is 5.10 Å². The van der Waals surface area contributed by atoms with Crippen LogP contribution >= 0.6 is 11.6 Å². The summed E-state index contributed by atoms with van der Waals surface area (Å²) >= 11 is 6.13. The van der Waals surface area contributed by atoms with E-state index < -0.39 is 0 Å². The zero-order valence-electron chi connectivity index (χ0n) is 13.9. The number of benzene rings is 1. The van der Waals surface area contributed by atoms with Gasteiger partial charge in [0, 0.05) is 26.2 Å². The highest BCUT2D eigenvalue weighted by Gasteiger charge is 2.24. The molecule has 8 nitrogen and oxygen atoms in total. The Morgan fingerprint density at radius 3 is 2.35 bits per heavy atom. The maximum atomic E-state index is 12.6. The SMILES string of the molecule is O=C(c1ccccc1Cl)N1CCN(c2ccc(-n3cncn3)nn2)CC1. The minimum Gasteiger partial charge on any atom is -0.352 e. The molecule has 0 N–H and O–H groups in total. The summed E-state index contributed by atoms with van der Waals surface area (Å²) < 4.78 is 1.55. The van der Waals surface area contributed by atoms with Crippen molar-refractivity contribution in [3.05, 3.63) is 59.6 Å². The van der Waals surface area contributed by atoms with Crippen LogP contribution in [0.1, 0.15) is 10.4 Å². The Labute approximate surface area is 155 Å². The van der Waals surface area contributed by atoms with Crippen LogP contribution in [-0.4, -0.2) is 61.9 Å². The molecule has 4 rings (SSSR count). The Kier molecular flexibility index (Phi) is 4.49. The molecule has 2 aromatic heterocycles. The molecule has 0 saturated carbocycles. The summed E-state index contributed by atoms with van der Waals surface area (Å²) in [7, 11) is 0. The highest BCUT2D eigenvalue weighted by Crippen LogP contribution is 2.19. The van der Waals surface area contributed by atoms with Crippen LogP contribution in [0.15, 0.2) is 49.1 Å². The third-order valence-corrected chi connectivity index (χ3v) is 4.61. The van der Waals surface area contributed by atoms with Crippen LogP contribution in [0.4, 0.5) is 5.82 Å². The summed E-state index contributed by atoms with van der Waals surface area (Å²) in [4.78, 5) is 20.4. The van der Waals surface area contributed by atoms with Crippen LogP contribution in [0.2, 0.25) is 5.02 Å². The van der Waals surface area contributed by atoms with Crippen molar-refractivity contribution in [1.82, 2.24) is 29.9 Å². The zero-order valence-corrected chi connectivity index (χ0v) is 14.6. The molecule has 1 aliphatic rings. The number of hydrogen-bond donors (Lipinski definition) is 0. The average molecular weight is 370 g/mol. The highest BCUT2D eigenvalue weighted by molar-refractivity contribution is 6.33. The second kappa shape index (κ2) is 7.09. The van der Waals surface area contributed by atoms with Crippen LogP contribution in [0.3, 0.4) is 0 Å². The molecule has 1 amide bonds. The fraction of sp³-hybridized carbons (Fsp3) is 0.235. The summed E-state index contributed by atoms with van der Waals surface area (Å²) in [6, 6.07) is 10.9. The van der Waals surface area contributed by atoms with Crippen molar-refractivity contribution < 1.29 is 4.79 Å². The number of aromatic nitrogens is 5. The average Bonchev–Trinajstić information content (AvgIpc) is 3.23. The van der Waals surface area contributed by atoms with Crippen LogP contribution in [0.5, 0.6) is 0 Å². The number of halogens is 1. The molecule has 3 heterocycles. The Bertz CT molecular complexity index is 890. The molecule has 1 aromatic carbocycles. The van der Waals surface area contributed by atoms with Crippen LogP contribution in [0, 0.1) is 0 Å². The fourth-order valence-electron chi connectivity index (χ4n) is 2.88. The second-order valence-corrected chi connectivity index (χ2v) is 6.26. The highest BCUT2D eigenvalue weighted by atomic mass is 35.5. The lowest BCUT2D eigenvalue weighted by atomic mass is 10.2. The number of amides is 1. The van der Waals surface area contributed by atoms with E-state index in [9.17, 15) is 4.79 Å². The van der Waals surface area contributed by atoms with Gasteiger partial charge in [-0.15, -0.1) is 10.2 Å². The van der Waals surface area contributed by atoms with Crippen LogP contribution in [-0.2, 0) is 0 Å². The van der Waals surface area contributed by atoms with Crippen LogP contribution in [0.25, 0.3) is 5.82 Å². The van der Waals surface area contributed by atoms with Crippen molar-refractivity contribution in [1.29, 1.82) is 0 Å². The number of anilines is 1. The predicted octanol–water partition coefficient (Wildman–Crippen LogP) is 1.67. The first-order valence-electron chi connectivity index (χ1n) is 8.20. The zero-order chi connectivity index (χ0) is 17.9. The lowest BCUT2D eigenvalue weighted by molar-refractivity contribution is 0.0746. The normalized spacial score (nSPS) is 14.5. The Morgan fingerprint density at radius 2 is 1.69 bits per heavy atom. The molecule has 0 aliphatic carbocycles. The van der Waals surface area contributed by atoms with Gasteiger partial charge in [-0.25, -0.2) is 9.67 Å². The third-order valence-electron chi connectivity index (χ3n) is 4.29. The lowest BCUT2D eigenvalue weighted by Crippen LogP contribution is -2.49. The van der Waals surface area contributed by atoms with Gasteiger partial charge in [0.05, 0.1) is 10.6 Å². The number of carbonyl (C=O) groups excluding carboxylic acids is 1. The number of nitrogens with zero attached hydrogens (tertiary/aromatic N) is 7. The van der Waals surface area contributed by atoms with Crippen molar-refractivity contribution in [2.75, 3.05) is 31.1 Å². The Hall–Kier alpha value is -3.00. The van der Waals surface area contributed by atoms with Gasteiger partial charge in [0.25, 0.3) is 5.91 Å². The molecule has 1 saturated heterocycles. The molecule has 9 heteroatoms. The monoisotopic (exact) mass is 369 g/mol. The van der Waals surface area contributed by atoms with E-state index in [0.29, 0.717) is 42.6 Å². The molecular formula is C17H16ClN7O. The Balaban J connectivity index is 1.40. The lowest BCUT2D eigenvalue weighted by Gasteiger charge is -2.35. The largest absolute Gasteiger partial charge is 0.352 e. The Morgan fingerprint density at radius 1 is 0.962 bits per heavy atom. The molecule has 1 aliphatic heterocycles. The van der Waals surface area contributed by atoms with Crippen molar-refractivity contribution in [2.45, 2.75) is 0 Å². The van der Waals surface area contributed by atoms with E-state index in [-0.39, 0.29) is 5.91 Å². The summed E-state index contributed by atoms with van der Waals surface area (Å²) in [5.74, 6) is 1.35. The molecule has 0 atom stereocenters. The maximum absolute atomic E-state index is 12.6. The number of hydrogen-bond acceptors (Lipinski definition) is 6. The van der Waals surface area contributed by atoms with E-state index in [0.717, 1.165) is 5.82 Å². The van der Waals surface area contributed by atoms with Gasteiger partial charge in [-0.3, -0.25) is 4.79 Å². The minimum absolute atomic E-state index is 0.0390.